The molecule has 8 nitrogen and oxygen atoms in total. The smallest absolute Gasteiger partial charge is 0.243 e. The van der Waals surface area contributed by atoms with E-state index in [1.165, 1.54) is 0 Å². The Morgan fingerprint density at radius 3 is 2.34 bits per heavy atom. The molecule has 0 bridgehead atoms. The van der Waals surface area contributed by atoms with Gasteiger partial charge in [-0.05, 0) is 44.3 Å². The zero-order valence-corrected chi connectivity index (χ0v) is 19.6. The second-order valence-corrected chi connectivity index (χ2v) is 9.81. The van der Waals surface area contributed by atoms with Crippen LogP contribution in [0.4, 0.5) is 0 Å². The van der Waals surface area contributed by atoms with E-state index in [0.717, 1.165) is 5.56 Å². The minimum atomic E-state index is -0.804. The van der Waals surface area contributed by atoms with E-state index in [-0.39, 0.29) is 29.6 Å². The standard InChI is InChI=1S/C24H35N5O3/c1-24(2,3)14-19(22(31)27-18(15-25)13-17-11-12-26-21(17)30)28-23(32)20(29(4)5)16-9-7-6-8-10-16/h6-10,17-20H,11-14H2,1-5H3,(H,26,30)(H,27,31)(H,28,32)/t17-,18-,19-,20-/m0/s1. The largest absolute Gasteiger partial charge is 0.356 e. The Morgan fingerprint density at radius 1 is 1.19 bits per heavy atom. The summed E-state index contributed by atoms with van der Waals surface area (Å²) in [5.74, 6) is -1.07. The number of rotatable bonds is 9. The molecule has 174 valence electrons. The molecule has 1 aliphatic rings. The molecule has 1 heterocycles. The van der Waals surface area contributed by atoms with Gasteiger partial charge in [-0.25, -0.2) is 0 Å². The molecule has 0 unspecified atom stereocenters. The first-order valence-electron chi connectivity index (χ1n) is 11.0. The van der Waals surface area contributed by atoms with Crippen LogP contribution in [0.1, 0.15) is 51.6 Å². The van der Waals surface area contributed by atoms with Gasteiger partial charge in [-0.3, -0.25) is 19.3 Å². The van der Waals surface area contributed by atoms with Gasteiger partial charge in [-0.15, -0.1) is 0 Å². The van der Waals surface area contributed by atoms with Crippen LogP contribution in [0.5, 0.6) is 0 Å². The van der Waals surface area contributed by atoms with Gasteiger partial charge in [0.25, 0.3) is 0 Å². The maximum Gasteiger partial charge on any atom is 0.243 e. The van der Waals surface area contributed by atoms with Gasteiger partial charge in [0.2, 0.25) is 17.7 Å². The van der Waals surface area contributed by atoms with Gasteiger partial charge >= 0.3 is 0 Å². The van der Waals surface area contributed by atoms with Gasteiger partial charge in [0.15, 0.2) is 0 Å². The van der Waals surface area contributed by atoms with Crippen LogP contribution >= 0.6 is 0 Å². The number of carbonyl (C=O) groups excluding carboxylic acids is 3. The molecule has 2 rings (SSSR count). The highest BCUT2D eigenvalue weighted by Gasteiger charge is 2.33. The highest BCUT2D eigenvalue weighted by Crippen LogP contribution is 2.23. The second kappa shape index (κ2) is 11.1. The van der Waals surface area contributed by atoms with Crippen molar-refractivity contribution in [3.05, 3.63) is 35.9 Å². The number of nitrogens with zero attached hydrogens (tertiary/aromatic N) is 2. The fraction of sp³-hybridized carbons (Fsp3) is 0.583. The zero-order valence-electron chi connectivity index (χ0n) is 19.6. The van der Waals surface area contributed by atoms with Crippen molar-refractivity contribution < 1.29 is 14.4 Å². The molecule has 0 saturated carbocycles. The molecule has 1 fully saturated rings. The van der Waals surface area contributed by atoms with E-state index in [4.69, 9.17) is 0 Å². The fourth-order valence-corrected chi connectivity index (χ4v) is 3.96. The van der Waals surface area contributed by atoms with Crippen molar-refractivity contribution in [1.29, 1.82) is 5.26 Å². The first-order chi connectivity index (χ1) is 15.0. The quantitative estimate of drug-likeness (QED) is 0.540. The van der Waals surface area contributed by atoms with Gasteiger partial charge in [-0.1, -0.05) is 51.1 Å². The molecule has 1 aromatic carbocycles. The number of nitrogens with one attached hydrogen (secondary N) is 3. The number of carbonyl (C=O) groups is 3. The van der Waals surface area contributed by atoms with E-state index in [2.05, 4.69) is 22.0 Å². The van der Waals surface area contributed by atoms with Crippen LogP contribution in [-0.2, 0) is 14.4 Å². The van der Waals surface area contributed by atoms with E-state index in [0.29, 0.717) is 19.4 Å². The Labute approximate surface area is 190 Å². The molecule has 0 spiro atoms. The average Bonchev–Trinajstić information content (AvgIpc) is 3.11. The number of nitriles is 1. The summed E-state index contributed by atoms with van der Waals surface area (Å²) >= 11 is 0. The van der Waals surface area contributed by atoms with E-state index < -0.39 is 24.0 Å². The molecule has 3 amide bonds. The summed E-state index contributed by atoms with van der Waals surface area (Å²) in [5, 5.41) is 17.9. The lowest BCUT2D eigenvalue weighted by Crippen LogP contribution is -2.53. The van der Waals surface area contributed by atoms with Crippen molar-refractivity contribution >= 4 is 17.7 Å². The molecule has 4 atom stereocenters. The molecule has 1 aliphatic heterocycles. The highest BCUT2D eigenvalue weighted by atomic mass is 16.2. The van der Waals surface area contributed by atoms with Crippen LogP contribution in [0.2, 0.25) is 0 Å². The third kappa shape index (κ3) is 7.34. The highest BCUT2D eigenvalue weighted by molar-refractivity contribution is 5.90. The van der Waals surface area contributed by atoms with Gasteiger partial charge in [-0.2, -0.15) is 5.26 Å². The molecule has 0 aliphatic carbocycles. The lowest BCUT2D eigenvalue weighted by molar-refractivity contribution is -0.132. The van der Waals surface area contributed by atoms with Crippen molar-refractivity contribution in [2.75, 3.05) is 20.6 Å². The lowest BCUT2D eigenvalue weighted by Gasteiger charge is -2.30. The summed E-state index contributed by atoms with van der Waals surface area (Å²) in [4.78, 5) is 40.0. The predicted octanol–water partition coefficient (Wildman–Crippen LogP) is 1.74. The molecule has 3 N–H and O–H groups in total. The minimum absolute atomic E-state index is 0.0873. The van der Waals surface area contributed by atoms with Gasteiger partial charge in [0, 0.05) is 12.5 Å². The van der Waals surface area contributed by atoms with Crippen LogP contribution in [0.3, 0.4) is 0 Å². The van der Waals surface area contributed by atoms with Crippen molar-refractivity contribution in [1.82, 2.24) is 20.9 Å². The monoisotopic (exact) mass is 441 g/mol. The summed E-state index contributed by atoms with van der Waals surface area (Å²) in [6, 6.07) is 9.31. The molecule has 0 aromatic heterocycles. The first-order valence-corrected chi connectivity index (χ1v) is 11.0. The van der Waals surface area contributed by atoms with Crippen LogP contribution in [-0.4, -0.2) is 55.3 Å². The predicted molar refractivity (Wildman–Crippen MR) is 122 cm³/mol. The van der Waals surface area contributed by atoms with Gasteiger partial charge in [0.05, 0.1) is 6.07 Å². The van der Waals surface area contributed by atoms with Gasteiger partial charge < -0.3 is 16.0 Å². The van der Waals surface area contributed by atoms with Crippen LogP contribution in [0.25, 0.3) is 0 Å². The zero-order chi connectivity index (χ0) is 23.9. The van der Waals surface area contributed by atoms with Crippen molar-refractivity contribution in [3.8, 4) is 6.07 Å². The Bertz CT molecular complexity index is 841. The molecular weight excluding hydrogens is 406 g/mol. The number of hydrogen-bond acceptors (Lipinski definition) is 5. The van der Waals surface area contributed by atoms with E-state index in [1.807, 2.05) is 65.2 Å². The van der Waals surface area contributed by atoms with Crippen LogP contribution in [0, 0.1) is 22.7 Å². The topological polar surface area (TPSA) is 114 Å². The second-order valence-electron chi connectivity index (χ2n) is 9.81. The Kier molecular flexibility index (Phi) is 8.79. The summed E-state index contributed by atoms with van der Waals surface area (Å²) in [7, 11) is 3.63. The molecule has 1 aromatic rings. The number of amides is 3. The lowest BCUT2D eigenvalue weighted by atomic mass is 9.87. The van der Waals surface area contributed by atoms with E-state index in [9.17, 15) is 19.6 Å². The number of hydrogen-bond donors (Lipinski definition) is 3. The van der Waals surface area contributed by atoms with Crippen LogP contribution in [0.15, 0.2) is 30.3 Å². The summed E-state index contributed by atoms with van der Waals surface area (Å²) in [6.07, 6.45) is 1.31. The Balaban J connectivity index is 2.15. The normalized spacial score (nSPS) is 18.9. The first kappa shape index (κ1) is 25.3. The summed E-state index contributed by atoms with van der Waals surface area (Å²) < 4.78 is 0. The van der Waals surface area contributed by atoms with Gasteiger partial charge in [0.1, 0.15) is 18.1 Å². The van der Waals surface area contributed by atoms with E-state index >= 15 is 0 Å². The molecule has 8 heteroatoms. The fourth-order valence-electron chi connectivity index (χ4n) is 3.96. The molecule has 0 radical (unpaired) electrons. The third-order valence-corrected chi connectivity index (χ3v) is 5.48. The average molecular weight is 442 g/mol. The number of benzene rings is 1. The SMILES string of the molecule is CN(C)[C@H](C(=O)N[C@@H](CC(C)(C)C)C(=O)N[C@H](C#N)C[C@@H]1CCNC1=O)c1ccccc1. The van der Waals surface area contributed by atoms with Crippen molar-refractivity contribution in [2.45, 2.75) is 58.2 Å². The number of likely N-dealkylation sites (N-methyl/N-ethyl adjacent to an activating group) is 1. The molecular formula is C24H35N5O3. The van der Waals surface area contributed by atoms with Crippen molar-refractivity contribution in [3.63, 3.8) is 0 Å². The minimum Gasteiger partial charge on any atom is -0.356 e. The maximum atomic E-state index is 13.2. The van der Waals surface area contributed by atoms with Crippen LogP contribution < -0.4 is 16.0 Å². The Hall–Kier alpha value is -2.92. The molecule has 1 saturated heterocycles. The van der Waals surface area contributed by atoms with Crippen molar-refractivity contribution in [2.24, 2.45) is 11.3 Å². The van der Waals surface area contributed by atoms with E-state index in [1.54, 1.807) is 4.90 Å². The maximum absolute atomic E-state index is 13.2. The molecule has 32 heavy (non-hydrogen) atoms. The summed E-state index contributed by atoms with van der Waals surface area (Å²) in [5.41, 5.74) is 0.593. The summed E-state index contributed by atoms with van der Waals surface area (Å²) in [6.45, 7) is 6.56. The Morgan fingerprint density at radius 2 is 1.84 bits per heavy atom. The third-order valence-electron chi connectivity index (χ3n) is 5.48.